The van der Waals surface area contributed by atoms with Crippen LogP contribution in [0.15, 0.2) is 18.2 Å². The molecule has 0 radical (unpaired) electrons. The molecule has 1 aromatic carbocycles. The average Bonchev–Trinajstić information content (AvgIpc) is 2.21. The average molecular weight is 210 g/mol. The molecule has 2 nitrogen and oxygen atoms in total. The van der Waals surface area contributed by atoms with Gasteiger partial charge in [-0.15, -0.1) is 0 Å². The molecule has 1 rings (SSSR count). The van der Waals surface area contributed by atoms with Gasteiger partial charge in [-0.2, -0.15) is 0 Å². The lowest BCUT2D eigenvalue weighted by molar-refractivity contribution is -0.118. The Morgan fingerprint density at radius 3 is 2.80 bits per heavy atom. The number of ketones is 1. The highest BCUT2D eigenvalue weighted by molar-refractivity contribution is 5.80. The minimum absolute atomic E-state index is 0.172. The summed E-state index contributed by atoms with van der Waals surface area (Å²) in [6, 6.07) is 4.52. The van der Waals surface area contributed by atoms with Crippen LogP contribution in [0, 0.1) is 5.82 Å². The zero-order valence-corrected chi connectivity index (χ0v) is 9.05. The van der Waals surface area contributed by atoms with E-state index in [0.717, 1.165) is 12.0 Å². The van der Waals surface area contributed by atoms with Gasteiger partial charge in [-0.3, -0.25) is 4.79 Å². The molecule has 0 N–H and O–H groups in total. The number of halogens is 1. The Kier molecular flexibility index (Phi) is 4.28. The van der Waals surface area contributed by atoms with E-state index in [0.29, 0.717) is 12.8 Å². The summed E-state index contributed by atoms with van der Waals surface area (Å²) < 4.78 is 17.9. The molecule has 0 heterocycles. The topological polar surface area (TPSA) is 26.3 Å². The van der Waals surface area contributed by atoms with Crippen LogP contribution < -0.4 is 4.74 Å². The van der Waals surface area contributed by atoms with Gasteiger partial charge >= 0.3 is 0 Å². The lowest BCUT2D eigenvalue weighted by Crippen LogP contribution is -2.02. The Labute approximate surface area is 89.1 Å². The largest absolute Gasteiger partial charge is 0.494 e. The van der Waals surface area contributed by atoms with Crippen molar-refractivity contribution in [3.05, 3.63) is 29.6 Å². The van der Waals surface area contributed by atoms with E-state index in [1.807, 2.05) is 6.92 Å². The molecule has 1 aromatic rings. The highest BCUT2D eigenvalue weighted by Crippen LogP contribution is 2.18. The quantitative estimate of drug-likeness (QED) is 0.747. The zero-order valence-electron chi connectivity index (χ0n) is 9.05. The van der Waals surface area contributed by atoms with Gasteiger partial charge in [0.15, 0.2) is 11.6 Å². The Balaban J connectivity index is 2.74. The van der Waals surface area contributed by atoms with Crippen LogP contribution in [0.3, 0.4) is 0 Å². The summed E-state index contributed by atoms with van der Waals surface area (Å²) in [6.45, 7) is 1.96. The number of hydrogen-bond donors (Lipinski definition) is 0. The SMILES string of the molecule is CCCC(=O)Cc1ccc(F)c(OC)c1. The van der Waals surface area contributed by atoms with E-state index in [9.17, 15) is 9.18 Å². The summed E-state index contributed by atoms with van der Waals surface area (Å²) in [5, 5.41) is 0. The minimum Gasteiger partial charge on any atom is -0.494 e. The fourth-order valence-electron chi connectivity index (χ4n) is 1.41. The summed E-state index contributed by atoms with van der Waals surface area (Å²) in [4.78, 5) is 11.4. The lowest BCUT2D eigenvalue weighted by Gasteiger charge is -2.04. The van der Waals surface area contributed by atoms with Gasteiger partial charge in [0.1, 0.15) is 5.78 Å². The number of ether oxygens (including phenoxy) is 1. The predicted octanol–water partition coefficient (Wildman–Crippen LogP) is 2.75. The van der Waals surface area contributed by atoms with Crippen molar-refractivity contribution in [3.63, 3.8) is 0 Å². The van der Waals surface area contributed by atoms with Crippen LogP contribution in [-0.2, 0) is 11.2 Å². The summed E-state index contributed by atoms with van der Waals surface area (Å²) in [5.74, 6) is -0.0350. The highest BCUT2D eigenvalue weighted by Gasteiger charge is 2.06. The van der Waals surface area contributed by atoms with E-state index >= 15 is 0 Å². The number of Topliss-reactive ketones (excluding diaryl/α,β-unsaturated/α-hetero) is 1. The second-order valence-corrected chi connectivity index (χ2v) is 3.43. The second-order valence-electron chi connectivity index (χ2n) is 3.43. The van der Waals surface area contributed by atoms with E-state index in [2.05, 4.69) is 0 Å². The normalized spacial score (nSPS) is 10.1. The number of rotatable bonds is 5. The van der Waals surface area contributed by atoms with Crippen LogP contribution in [0.4, 0.5) is 4.39 Å². The van der Waals surface area contributed by atoms with Crippen molar-refractivity contribution >= 4 is 5.78 Å². The third kappa shape index (κ3) is 3.35. The maximum Gasteiger partial charge on any atom is 0.165 e. The molecule has 0 aromatic heterocycles. The van der Waals surface area contributed by atoms with E-state index in [-0.39, 0.29) is 11.5 Å². The third-order valence-corrected chi connectivity index (χ3v) is 2.15. The molecule has 0 aliphatic carbocycles. The summed E-state index contributed by atoms with van der Waals surface area (Å²) in [7, 11) is 1.41. The fraction of sp³-hybridized carbons (Fsp3) is 0.417. The molecule has 0 amide bonds. The van der Waals surface area contributed by atoms with Crippen molar-refractivity contribution in [2.45, 2.75) is 26.2 Å². The van der Waals surface area contributed by atoms with Gasteiger partial charge in [0.2, 0.25) is 0 Å². The molecular weight excluding hydrogens is 195 g/mol. The molecular formula is C12H15FO2. The predicted molar refractivity (Wildman–Crippen MR) is 56.6 cm³/mol. The van der Waals surface area contributed by atoms with Crippen LogP contribution in [0.25, 0.3) is 0 Å². The van der Waals surface area contributed by atoms with Crippen LogP contribution in [-0.4, -0.2) is 12.9 Å². The lowest BCUT2D eigenvalue weighted by atomic mass is 10.1. The van der Waals surface area contributed by atoms with Crippen LogP contribution in [0.1, 0.15) is 25.3 Å². The summed E-state index contributed by atoms with van der Waals surface area (Å²) in [5.41, 5.74) is 0.798. The monoisotopic (exact) mass is 210 g/mol. The Morgan fingerprint density at radius 2 is 2.20 bits per heavy atom. The highest BCUT2D eigenvalue weighted by atomic mass is 19.1. The molecule has 3 heteroatoms. The van der Waals surface area contributed by atoms with Crippen molar-refractivity contribution in [3.8, 4) is 5.75 Å². The van der Waals surface area contributed by atoms with Crippen LogP contribution in [0.5, 0.6) is 5.75 Å². The van der Waals surface area contributed by atoms with E-state index < -0.39 is 5.82 Å². The maximum atomic E-state index is 13.0. The van der Waals surface area contributed by atoms with Gasteiger partial charge in [0.05, 0.1) is 7.11 Å². The number of hydrogen-bond acceptors (Lipinski definition) is 2. The molecule has 0 aliphatic heterocycles. The Morgan fingerprint density at radius 1 is 1.47 bits per heavy atom. The molecule has 0 saturated heterocycles. The fourth-order valence-corrected chi connectivity index (χ4v) is 1.41. The van der Waals surface area contributed by atoms with Crippen molar-refractivity contribution in [2.24, 2.45) is 0 Å². The molecule has 0 unspecified atom stereocenters. The first-order chi connectivity index (χ1) is 7.17. The molecule has 0 spiro atoms. The van der Waals surface area contributed by atoms with Crippen molar-refractivity contribution < 1.29 is 13.9 Å². The van der Waals surface area contributed by atoms with Gasteiger partial charge in [0.25, 0.3) is 0 Å². The molecule has 0 fully saturated rings. The standard InChI is InChI=1S/C12H15FO2/c1-3-4-10(14)7-9-5-6-11(13)12(8-9)15-2/h5-6,8H,3-4,7H2,1-2H3. The van der Waals surface area contributed by atoms with Gasteiger partial charge in [0, 0.05) is 12.8 Å². The van der Waals surface area contributed by atoms with E-state index in [1.54, 1.807) is 12.1 Å². The van der Waals surface area contributed by atoms with Crippen molar-refractivity contribution in [2.75, 3.05) is 7.11 Å². The first-order valence-corrected chi connectivity index (χ1v) is 5.01. The summed E-state index contributed by atoms with van der Waals surface area (Å²) >= 11 is 0. The summed E-state index contributed by atoms with van der Waals surface area (Å²) in [6.07, 6.45) is 1.77. The van der Waals surface area contributed by atoms with Gasteiger partial charge in [-0.1, -0.05) is 13.0 Å². The first kappa shape index (κ1) is 11.7. The molecule has 0 aliphatic rings. The molecule has 0 bridgehead atoms. The molecule has 15 heavy (non-hydrogen) atoms. The smallest absolute Gasteiger partial charge is 0.165 e. The second kappa shape index (κ2) is 5.49. The number of carbonyl (C=O) groups excluding carboxylic acids is 1. The van der Waals surface area contributed by atoms with Crippen LogP contribution in [0.2, 0.25) is 0 Å². The number of benzene rings is 1. The molecule has 0 saturated carbocycles. The first-order valence-electron chi connectivity index (χ1n) is 5.01. The molecule has 82 valence electrons. The van der Waals surface area contributed by atoms with Gasteiger partial charge in [-0.05, 0) is 24.1 Å². The van der Waals surface area contributed by atoms with Gasteiger partial charge < -0.3 is 4.74 Å². The number of methoxy groups -OCH3 is 1. The van der Waals surface area contributed by atoms with Crippen molar-refractivity contribution in [1.82, 2.24) is 0 Å². The van der Waals surface area contributed by atoms with E-state index in [4.69, 9.17) is 4.74 Å². The number of carbonyl (C=O) groups is 1. The molecule has 0 atom stereocenters. The Hall–Kier alpha value is -1.38. The maximum absolute atomic E-state index is 13.0. The third-order valence-electron chi connectivity index (χ3n) is 2.15. The van der Waals surface area contributed by atoms with Crippen LogP contribution >= 0.6 is 0 Å². The van der Waals surface area contributed by atoms with Gasteiger partial charge in [-0.25, -0.2) is 4.39 Å². The van der Waals surface area contributed by atoms with E-state index in [1.165, 1.54) is 13.2 Å². The zero-order chi connectivity index (χ0) is 11.3. The van der Waals surface area contributed by atoms with Crippen molar-refractivity contribution in [1.29, 1.82) is 0 Å². The minimum atomic E-state index is -0.399. The Bertz CT molecular complexity index is 347.